The summed E-state index contributed by atoms with van der Waals surface area (Å²) in [6.45, 7) is 3.00. The van der Waals surface area contributed by atoms with Gasteiger partial charge in [-0.3, -0.25) is 10.1 Å². The summed E-state index contributed by atoms with van der Waals surface area (Å²) in [6.07, 6.45) is 7.35. The van der Waals surface area contributed by atoms with Gasteiger partial charge in [0.2, 0.25) is 0 Å². The maximum atomic E-state index is 13.8. The van der Waals surface area contributed by atoms with Crippen molar-refractivity contribution in [3.63, 3.8) is 0 Å². The van der Waals surface area contributed by atoms with E-state index in [1.807, 2.05) is 0 Å². The van der Waals surface area contributed by atoms with E-state index in [1.54, 1.807) is 12.1 Å². The zero-order chi connectivity index (χ0) is 22.7. The van der Waals surface area contributed by atoms with Crippen molar-refractivity contribution in [1.82, 2.24) is 20.5 Å². The highest BCUT2D eigenvalue weighted by atomic mass is 19.1. The average molecular weight is 442 g/mol. The number of carbonyl (C=O) groups is 2. The summed E-state index contributed by atoms with van der Waals surface area (Å²) in [5, 5.41) is 14.5. The van der Waals surface area contributed by atoms with E-state index in [1.165, 1.54) is 39.7 Å². The first kappa shape index (κ1) is 22.1. The summed E-state index contributed by atoms with van der Waals surface area (Å²) in [5.41, 5.74) is 0.0587. The van der Waals surface area contributed by atoms with Gasteiger partial charge in [-0.2, -0.15) is 0 Å². The molecule has 9 nitrogen and oxygen atoms in total. The number of ether oxygens (including phenoxy) is 1. The van der Waals surface area contributed by atoms with Crippen molar-refractivity contribution in [2.45, 2.75) is 51.0 Å². The van der Waals surface area contributed by atoms with Crippen molar-refractivity contribution < 1.29 is 18.7 Å². The Morgan fingerprint density at radius 2 is 1.94 bits per heavy atom. The van der Waals surface area contributed by atoms with Crippen molar-refractivity contribution in [2.24, 2.45) is 0 Å². The van der Waals surface area contributed by atoms with E-state index in [-0.39, 0.29) is 28.3 Å². The molecule has 2 aliphatic rings. The SMILES string of the molecule is COC(=O)c1cc(F)c(C)nc1NC(=O)c1ccc(N2CNC3(CCCCCC3)C2)nn1. The van der Waals surface area contributed by atoms with Crippen LogP contribution in [0.1, 0.15) is 65.1 Å². The smallest absolute Gasteiger partial charge is 0.341 e. The molecule has 2 fully saturated rings. The molecule has 1 aliphatic carbocycles. The Morgan fingerprint density at radius 1 is 1.19 bits per heavy atom. The number of hydrogen-bond donors (Lipinski definition) is 2. The molecule has 0 bridgehead atoms. The summed E-state index contributed by atoms with van der Waals surface area (Å²) >= 11 is 0. The summed E-state index contributed by atoms with van der Waals surface area (Å²) in [5.74, 6) is -1.47. The van der Waals surface area contributed by atoms with E-state index >= 15 is 0 Å². The first-order chi connectivity index (χ1) is 15.4. The van der Waals surface area contributed by atoms with Crippen molar-refractivity contribution in [2.75, 3.05) is 30.5 Å². The fraction of sp³-hybridized carbons (Fsp3) is 0.500. The Balaban J connectivity index is 1.46. The number of rotatable bonds is 4. The lowest BCUT2D eigenvalue weighted by molar-refractivity contribution is 0.0601. The van der Waals surface area contributed by atoms with Gasteiger partial charge in [0.1, 0.15) is 17.2 Å². The number of halogens is 1. The van der Waals surface area contributed by atoms with Gasteiger partial charge >= 0.3 is 5.97 Å². The number of carbonyl (C=O) groups excluding carboxylic acids is 2. The minimum absolute atomic E-state index is 0.0448. The van der Waals surface area contributed by atoms with Crippen molar-refractivity contribution in [3.05, 3.63) is 41.0 Å². The zero-order valence-corrected chi connectivity index (χ0v) is 18.3. The van der Waals surface area contributed by atoms with Crippen LogP contribution in [-0.2, 0) is 4.74 Å². The molecule has 10 heteroatoms. The molecule has 0 aromatic carbocycles. The number of esters is 1. The van der Waals surface area contributed by atoms with Gasteiger partial charge in [0.05, 0.1) is 19.5 Å². The number of nitrogens with one attached hydrogen (secondary N) is 2. The maximum Gasteiger partial charge on any atom is 0.341 e. The Labute approximate surface area is 185 Å². The van der Waals surface area contributed by atoms with Gasteiger partial charge < -0.3 is 15.0 Å². The second-order valence-corrected chi connectivity index (χ2v) is 8.40. The quantitative estimate of drug-likeness (QED) is 0.696. The summed E-state index contributed by atoms with van der Waals surface area (Å²) in [6, 6.07) is 4.32. The van der Waals surface area contributed by atoms with Crippen molar-refractivity contribution in [3.8, 4) is 0 Å². The molecular formula is C22H27FN6O3. The lowest BCUT2D eigenvalue weighted by Gasteiger charge is -2.27. The summed E-state index contributed by atoms with van der Waals surface area (Å²) < 4.78 is 18.5. The van der Waals surface area contributed by atoms with Crippen LogP contribution in [0.25, 0.3) is 0 Å². The third-order valence-corrected chi connectivity index (χ3v) is 6.19. The minimum Gasteiger partial charge on any atom is -0.465 e. The topological polar surface area (TPSA) is 109 Å². The zero-order valence-electron chi connectivity index (χ0n) is 18.3. The summed E-state index contributed by atoms with van der Waals surface area (Å²) in [4.78, 5) is 30.7. The van der Waals surface area contributed by atoms with Crippen LogP contribution in [-0.4, -0.2) is 52.9 Å². The molecule has 0 atom stereocenters. The van der Waals surface area contributed by atoms with Crippen molar-refractivity contribution in [1.29, 1.82) is 0 Å². The molecule has 4 rings (SSSR count). The Bertz CT molecular complexity index is 1010. The number of methoxy groups -OCH3 is 1. The number of aromatic nitrogens is 3. The molecule has 170 valence electrons. The van der Waals surface area contributed by atoms with Crippen molar-refractivity contribution >= 4 is 23.5 Å². The first-order valence-corrected chi connectivity index (χ1v) is 10.8. The minimum atomic E-state index is -0.804. The van der Waals surface area contributed by atoms with Gasteiger partial charge in [-0.1, -0.05) is 25.7 Å². The normalized spacial score (nSPS) is 17.8. The fourth-order valence-corrected chi connectivity index (χ4v) is 4.37. The standard InChI is InChI=1S/C22H27FN6O3/c1-14-16(23)11-15(21(31)32-2)19(25-14)26-20(30)17-7-8-18(28-27-17)29-12-22(24-13-29)9-5-3-4-6-10-22/h7-8,11,24H,3-6,9-10,12-13H2,1-2H3,(H,25,26,30). The average Bonchev–Trinajstić information content (AvgIpc) is 3.07. The molecule has 1 spiro atoms. The molecule has 32 heavy (non-hydrogen) atoms. The van der Waals surface area contributed by atoms with E-state index in [4.69, 9.17) is 0 Å². The van der Waals surface area contributed by atoms with E-state index in [2.05, 4.69) is 35.5 Å². The molecule has 3 heterocycles. The lowest BCUT2D eigenvalue weighted by atomic mass is 9.91. The van der Waals surface area contributed by atoms with Crippen LogP contribution in [0.5, 0.6) is 0 Å². The molecule has 2 aromatic rings. The van der Waals surface area contributed by atoms with E-state index in [9.17, 15) is 14.0 Å². The highest BCUT2D eigenvalue weighted by Crippen LogP contribution is 2.32. The number of amides is 1. The number of hydrogen-bond acceptors (Lipinski definition) is 8. The van der Waals surface area contributed by atoms with E-state index in [0.29, 0.717) is 12.5 Å². The van der Waals surface area contributed by atoms with Gasteiger partial charge in [0.25, 0.3) is 5.91 Å². The monoisotopic (exact) mass is 442 g/mol. The molecular weight excluding hydrogens is 415 g/mol. The largest absolute Gasteiger partial charge is 0.465 e. The number of pyridine rings is 1. The van der Waals surface area contributed by atoms with Gasteiger partial charge in [0, 0.05) is 12.1 Å². The Kier molecular flexibility index (Phi) is 6.31. The van der Waals surface area contributed by atoms with Crippen LogP contribution in [0.2, 0.25) is 0 Å². The fourth-order valence-electron chi connectivity index (χ4n) is 4.37. The van der Waals surface area contributed by atoms with E-state index in [0.717, 1.165) is 25.5 Å². The van der Waals surface area contributed by atoms with Crippen LogP contribution < -0.4 is 15.5 Å². The molecule has 2 N–H and O–H groups in total. The Hall–Kier alpha value is -3.14. The van der Waals surface area contributed by atoms with Gasteiger partial charge in [-0.05, 0) is 38.0 Å². The molecule has 1 amide bonds. The summed E-state index contributed by atoms with van der Waals surface area (Å²) in [7, 11) is 1.17. The van der Waals surface area contributed by atoms with Gasteiger partial charge in [0.15, 0.2) is 11.5 Å². The van der Waals surface area contributed by atoms with Crippen LogP contribution in [0.3, 0.4) is 0 Å². The van der Waals surface area contributed by atoms with Gasteiger partial charge in [-0.25, -0.2) is 14.2 Å². The predicted molar refractivity (Wildman–Crippen MR) is 116 cm³/mol. The van der Waals surface area contributed by atoms with Crippen LogP contribution in [0.4, 0.5) is 16.0 Å². The molecule has 2 aromatic heterocycles. The molecule has 1 saturated carbocycles. The van der Waals surface area contributed by atoms with Gasteiger partial charge in [-0.15, -0.1) is 10.2 Å². The molecule has 1 saturated heterocycles. The Morgan fingerprint density at radius 3 is 2.59 bits per heavy atom. The van der Waals surface area contributed by atoms with Crippen LogP contribution >= 0.6 is 0 Å². The van der Waals surface area contributed by atoms with Crippen LogP contribution in [0.15, 0.2) is 18.2 Å². The van der Waals surface area contributed by atoms with E-state index < -0.39 is 17.7 Å². The third kappa shape index (κ3) is 4.55. The lowest BCUT2D eigenvalue weighted by Crippen LogP contribution is -2.41. The maximum absolute atomic E-state index is 13.8. The number of nitrogens with zero attached hydrogens (tertiary/aromatic N) is 4. The molecule has 1 aliphatic heterocycles. The highest BCUT2D eigenvalue weighted by Gasteiger charge is 2.38. The third-order valence-electron chi connectivity index (χ3n) is 6.19. The first-order valence-electron chi connectivity index (χ1n) is 10.8. The molecule has 0 radical (unpaired) electrons. The number of anilines is 2. The molecule has 0 unspecified atom stereocenters. The number of aryl methyl sites for hydroxylation is 1. The second kappa shape index (κ2) is 9.15. The van der Waals surface area contributed by atoms with Crippen LogP contribution in [0, 0.1) is 12.7 Å². The second-order valence-electron chi connectivity index (χ2n) is 8.40. The highest BCUT2D eigenvalue weighted by molar-refractivity contribution is 6.06. The predicted octanol–water partition coefficient (Wildman–Crippen LogP) is 2.82.